The highest BCUT2D eigenvalue weighted by atomic mass is 16.4. The molecule has 0 radical (unpaired) electrons. The first-order valence-corrected chi connectivity index (χ1v) is 11.7. The van der Waals surface area contributed by atoms with Gasteiger partial charge in [-0.2, -0.15) is 0 Å². The fourth-order valence-corrected chi connectivity index (χ4v) is 4.49. The molecule has 1 aliphatic heterocycles. The number of piperidine rings is 1. The molecule has 3 aromatic rings. The maximum absolute atomic E-state index is 5.74. The Hall–Kier alpha value is -2.80. The van der Waals surface area contributed by atoms with Crippen molar-refractivity contribution in [3.63, 3.8) is 0 Å². The number of aryl methyl sites for hydroxylation is 3. The summed E-state index contributed by atoms with van der Waals surface area (Å²) in [4.78, 5) is 14.8. The molecule has 0 amide bonds. The molecule has 7 nitrogen and oxygen atoms in total. The van der Waals surface area contributed by atoms with Crippen molar-refractivity contribution in [1.29, 1.82) is 0 Å². The summed E-state index contributed by atoms with van der Waals surface area (Å²) in [5.41, 5.74) is 4.87. The van der Waals surface area contributed by atoms with Crippen LogP contribution in [-0.2, 0) is 13.0 Å². The summed E-state index contributed by atoms with van der Waals surface area (Å²) in [6.45, 7) is 10.9. The summed E-state index contributed by atoms with van der Waals surface area (Å²) < 4.78 is 5.74. The van der Waals surface area contributed by atoms with Crippen molar-refractivity contribution in [2.75, 3.05) is 33.2 Å². The molecular weight excluding hydrogens is 400 g/mol. The Labute approximate surface area is 190 Å². The molecule has 0 saturated carbocycles. The molecule has 3 N–H and O–H groups in total. The third kappa shape index (κ3) is 5.33. The van der Waals surface area contributed by atoms with Crippen LogP contribution in [-0.4, -0.2) is 54.1 Å². The number of aromatic nitrogens is 2. The number of oxazole rings is 1. The monoisotopic (exact) mass is 436 g/mol. The van der Waals surface area contributed by atoms with E-state index < -0.39 is 0 Å². The zero-order valence-corrected chi connectivity index (χ0v) is 19.8. The minimum Gasteiger partial charge on any atom is -0.444 e. The molecule has 0 atom stereocenters. The van der Waals surface area contributed by atoms with Crippen LogP contribution in [0.5, 0.6) is 0 Å². The number of guanidine groups is 1. The van der Waals surface area contributed by atoms with Gasteiger partial charge in [0.2, 0.25) is 5.89 Å². The smallest absolute Gasteiger partial charge is 0.208 e. The van der Waals surface area contributed by atoms with Gasteiger partial charge in [-0.3, -0.25) is 9.89 Å². The Kier molecular flexibility index (Phi) is 7.15. The molecular formula is C25H36N6O. The molecule has 1 fully saturated rings. The van der Waals surface area contributed by atoms with E-state index in [1.165, 1.54) is 34.9 Å². The summed E-state index contributed by atoms with van der Waals surface area (Å²) in [7, 11) is 1.84. The fourth-order valence-electron chi connectivity index (χ4n) is 4.49. The molecule has 3 heterocycles. The summed E-state index contributed by atoms with van der Waals surface area (Å²) in [6.07, 6.45) is 5.45. The van der Waals surface area contributed by atoms with E-state index in [9.17, 15) is 0 Å². The van der Waals surface area contributed by atoms with Crippen LogP contribution in [0.1, 0.15) is 41.3 Å². The van der Waals surface area contributed by atoms with E-state index in [0.717, 1.165) is 62.4 Å². The lowest BCUT2D eigenvalue weighted by molar-refractivity contribution is 0.164. The van der Waals surface area contributed by atoms with Gasteiger partial charge >= 0.3 is 0 Å². The van der Waals surface area contributed by atoms with Crippen LogP contribution in [0.25, 0.3) is 10.9 Å². The zero-order chi connectivity index (χ0) is 22.5. The van der Waals surface area contributed by atoms with Crippen LogP contribution < -0.4 is 10.6 Å². The average molecular weight is 437 g/mol. The number of aliphatic imine (C=N–C) groups is 1. The molecule has 1 aromatic carbocycles. The van der Waals surface area contributed by atoms with Crippen LogP contribution >= 0.6 is 0 Å². The number of benzene rings is 1. The minimum absolute atomic E-state index is 0.662. The third-order valence-electron chi connectivity index (χ3n) is 6.62. The number of nitrogens with one attached hydrogen (secondary N) is 3. The first kappa shape index (κ1) is 22.4. The first-order valence-electron chi connectivity index (χ1n) is 11.7. The van der Waals surface area contributed by atoms with Crippen molar-refractivity contribution in [3.05, 3.63) is 52.9 Å². The lowest BCUT2D eigenvalue weighted by Crippen LogP contribution is -2.43. The van der Waals surface area contributed by atoms with E-state index in [4.69, 9.17) is 4.42 Å². The van der Waals surface area contributed by atoms with E-state index in [1.54, 1.807) is 0 Å². The Morgan fingerprint density at radius 2 is 2.03 bits per heavy atom. The number of aromatic amines is 1. The van der Waals surface area contributed by atoms with Gasteiger partial charge < -0.3 is 20.0 Å². The average Bonchev–Trinajstić information content (AvgIpc) is 3.35. The van der Waals surface area contributed by atoms with Gasteiger partial charge in [0.25, 0.3) is 0 Å². The van der Waals surface area contributed by atoms with Crippen LogP contribution in [0, 0.1) is 26.7 Å². The van der Waals surface area contributed by atoms with Crippen LogP contribution in [0.2, 0.25) is 0 Å². The van der Waals surface area contributed by atoms with Crippen LogP contribution in [0.15, 0.2) is 33.8 Å². The van der Waals surface area contributed by atoms with E-state index in [2.05, 4.69) is 61.8 Å². The summed E-state index contributed by atoms with van der Waals surface area (Å²) >= 11 is 0. The van der Waals surface area contributed by atoms with Gasteiger partial charge in [-0.1, -0.05) is 18.2 Å². The van der Waals surface area contributed by atoms with Crippen LogP contribution in [0.4, 0.5) is 0 Å². The van der Waals surface area contributed by atoms with Crippen molar-refractivity contribution in [3.8, 4) is 0 Å². The van der Waals surface area contributed by atoms with E-state index in [-0.39, 0.29) is 0 Å². The van der Waals surface area contributed by atoms with Crippen molar-refractivity contribution in [1.82, 2.24) is 25.5 Å². The Morgan fingerprint density at radius 1 is 1.22 bits per heavy atom. The van der Waals surface area contributed by atoms with E-state index in [1.807, 2.05) is 20.9 Å². The zero-order valence-electron chi connectivity index (χ0n) is 19.8. The highest BCUT2D eigenvalue weighted by molar-refractivity contribution is 5.86. The van der Waals surface area contributed by atoms with Crippen LogP contribution in [0.3, 0.4) is 0 Å². The van der Waals surface area contributed by atoms with E-state index in [0.29, 0.717) is 5.92 Å². The molecule has 7 heteroatoms. The predicted octanol–water partition coefficient (Wildman–Crippen LogP) is 3.70. The Morgan fingerprint density at radius 3 is 2.75 bits per heavy atom. The second-order valence-corrected chi connectivity index (χ2v) is 8.91. The Bertz CT molecular complexity index is 1040. The minimum atomic E-state index is 0.662. The number of hydrogen-bond acceptors (Lipinski definition) is 4. The fraction of sp³-hybridized carbons (Fsp3) is 0.520. The maximum Gasteiger partial charge on any atom is 0.208 e. The largest absolute Gasteiger partial charge is 0.444 e. The number of fused-ring (bicyclic) bond motifs is 1. The molecule has 0 bridgehead atoms. The lowest BCUT2D eigenvalue weighted by atomic mass is 9.97. The lowest BCUT2D eigenvalue weighted by Gasteiger charge is -2.31. The van der Waals surface area contributed by atoms with Crippen molar-refractivity contribution < 1.29 is 4.42 Å². The standard InChI is InChI=1S/C25H36N6O/c1-17-6-5-7-22-21(15-28-24(17)22)8-11-27-25(26-4)29-14-20-9-12-31(13-10-20)16-23-30-18(2)19(3)32-23/h5-7,15,20,28H,8-14,16H2,1-4H3,(H2,26,27,29). The first-order chi connectivity index (χ1) is 15.5. The van der Waals surface area contributed by atoms with Gasteiger partial charge in [0.05, 0.1) is 12.2 Å². The molecule has 0 spiro atoms. The van der Waals surface area contributed by atoms with Crippen molar-refractivity contribution in [2.24, 2.45) is 10.9 Å². The molecule has 2 aromatic heterocycles. The Balaban J connectivity index is 1.17. The molecule has 0 aliphatic carbocycles. The number of para-hydroxylation sites is 1. The summed E-state index contributed by atoms with van der Waals surface area (Å²) in [5, 5.41) is 8.31. The second-order valence-electron chi connectivity index (χ2n) is 8.91. The molecule has 1 aliphatic rings. The molecule has 172 valence electrons. The quantitative estimate of drug-likeness (QED) is 0.389. The molecule has 1 saturated heterocycles. The van der Waals surface area contributed by atoms with E-state index >= 15 is 0 Å². The van der Waals surface area contributed by atoms with Crippen molar-refractivity contribution in [2.45, 2.75) is 46.6 Å². The highest BCUT2D eigenvalue weighted by Crippen LogP contribution is 2.21. The van der Waals surface area contributed by atoms with Gasteiger partial charge in [0.1, 0.15) is 5.76 Å². The highest BCUT2D eigenvalue weighted by Gasteiger charge is 2.21. The normalized spacial score (nSPS) is 16.1. The maximum atomic E-state index is 5.74. The summed E-state index contributed by atoms with van der Waals surface area (Å²) in [6, 6.07) is 6.46. The van der Waals surface area contributed by atoms with Crippen molar-refractivity contribution >= 4 is 16.9 Å². The number of H-pyrrole nitrogens is 1. The molecule has 32 heavy (non-hydrogen) atoms. The number of hydrogen-bond donors (Lipinski definition) is 3. The number of nitrogens with zero attached hydrogens (tertiary/aromatic N) is 3. The van der Waals surface area contributed by atoms with Gasteiger partial charge in [-0.15, -0.1) is 0 Å². The SMILES string of the molecule is CN=C(NCCc1c[nH]c2c(C)cccc12)NCC1CCN(Cc2nc(C)c(C)o2)CC1. The molecule has 4 rings (SSSR count). The number of likely N-dealkylation sites (tertiary alicyclic amines) is 1. The van der Waals surface area contributed by atoms with Gasteiger partial charge in [-0.25, -0.2) is 4.98 Å². The summed E-state index contributed by atoms with van der Waals surface area (Å²) in [5.74, 6) is 3.31. The molecule has 0 unspecified atom stereocenters. The second kappa shape index (κ2) is 10.2. The predicted molar refractivity (Wildman–Crippen MR) is 130 cm³/mol. The number of rotatable bonds is 7. The van der Waals surface area contributed by atoms with Gasteiger partial charge in [0.15, 0.2) is 5.96 Å². The topological polar surface area (TPSA) is 81.5 Å². The third-order valence-corrected chi connectivity index (χ3v) is 6.62. The van der Waals surface area contributed by atoms with Gasteiger partial charge in [0, 0.05) is 37.2 Å². The van der Waals surface area contributed by atoms with Gasteiger partial charge in [-0.05, 0) is 70.2 Å².